The summed E-state index contributed by atoms with van der Waals surface area (Å²) in [6, 6.07) is 0. The number of nitrogens with zero attached hydrogens (tertiary/aromatic N) is 3. The maximum atomic E-state index is 12.4. The SMILES string of the molecule is CC(C)(C(=O)NCc1nc(C(F)(F)F)n[nH]1)N1CCCC1.O=CO. The van der Waals surface area contributed by atoms with Crippen molar-refractivity contribution in [2.24, 2.45) is 0 Å². The van der Waals surface area contributed by atoms with Gasteiger partial charge in [0.2, 0.25) is 5.91 Å². The number of alkyl halides is 3. The Morgan fingerprint density at radius 2 is 1.92 bits per heavy atom. The second-order valence-electron chi connectivity index (χ2n) is 5.64. The number of nitrogens with one attached hydrogen (secondary N) is 2. The summed E-state index contributed by atoms with van der Waals surface area (Å²) < 4.78 is 37.1. The Labute approximate surface area is 136 Å². The van der Waals surface area contributed by atoms with Crippen LogP contribution >= 0.6 is 0 Å². The second kappa shape index (κ2) is 8.08. The van der Waals surface area contributed by atoms with E-state index in [1.165, 1.54) is 0 Å². The lowest BCUT2D eigenvalue weighted by atomic mass is 10.0. The van der Waals surface area contributed by atoms with Crippen LogP contribution in [0.3, 0.4) is 0 Å². The van der Waals surface area contributed by atoms with E-state index in [2.05, 4.69) is 25.4 Å². The minimum Gasteiger partial charge on any atom is -0.483 e. The van der Waals surface area contributed by atoms with E-state index in [0.717, 1.165) is 25.9 Å². The molecule has 2 heterocycles. The van der Waals surface area contributed by atoms with Crippen LogP contribution in [0, 0.1) is 0 Å². The van der Waals surface area contributed by atoms with Gasteiger partial charge in [-0.3, -0.25) is 19.6 Å². The van der Waals surface area contributed by atoms with E-state index in [1.807, 2.05) is 0 Å². The number of carbonyl (C=O) groups is 2. The van der Waals surface area contributed by atoms with Crippen LogP contribution in [0.2, 0.25) is 0 Å². The molecule has 2 rings (SSSR count). The Balaban J connectivity index is 0.000000891. The molecule has 1 fully saturated rings. The number of aromatic nitrogens is 3. The minimum absolute atomic E-state index is 0.0205. The summed E-state index contributed by atoms with van der Waals surface area (Å²) in [4.78, 5) is 25.9. The molecule has 0 radical (unpaired) electrons. The molecule has 1 aromatic heterocycles. The fourth-order valence-corrected chi connectivity index (χ4v) is 2.30. The summed E-state index contributed by atoms with van der Waals surface area (Å²) in [5.41, 5.74) is -0.691. The van der Waals surface area contributed by atoms with Crippen LogP contribution in [0.15, 0.2) is 0 Å². The van der Waals surface area contributed by atoms with Gasteiger partial charge in [-0.1, -0.05) is 0 Å². The van der Waals surface area contributed by atoms with Crippen molar-refractivity contribution in [2.45, 2.75) is 44.9 Å². The first-order chi connectivity index (χ1) is 11.1. The van der Waals surface area contributed by atoms with E-state index < -0.39 is 17.5 Å². The lowest BCUT2D eigenvalue weighted by Crippen LogP contribution is -2.53. The van der Waals surface area contributed by atoms with E-state index in [9.17, 15) is 18.0 Å². The van der Waals surface area contributed by atoms with Gasteiger partial charge in [0.25, 0.3) is 12.3 Å². The van der Waals surface area contributed by atoms with E-state index in [1.54, 1.807) is 13.8 Å². The molecule has 0 atom stereocenters. The maximum Gasteiger partial charge on any atom is 0.453 e. The van der Waals surface area contributed by atoms with Crippen LogP contribution in [0.4, 0.5) is 13.2 Å². The predicted molar refractivity (Wildman–Crippen MR) is 76.8 cm³/mol. The molecular formula is C13H20F3N5O3. The standard InChI is InChI=1S/C12H18F3N5O.CH2O2/c1-11(2,20-5-3-4-6-20)10(21)16-7-8-17-9(19-18-8)12(13,14)15;2-1-3/h3-7H2,1-2H3,(H,16,21)(H,17,18,19);1H,(H,2,3). The summed E-state index contributed by atoms with van der Waals surface area (Å²) >= 11 is 0. The molecule has 0 spiro atoms. The average Bonchev–Trinajstić information content (AvgIpc) is 3.16. The molecule has 1 aromatic rings. The summed E-state index contributed by atoms with van der Waals surface area (Å²) in [5, 5.41) is 14.7. The molecule has 0 saturated carbocycles. The first kappa shape index (κ1) is 19.9. The van der Waals surface area contributed by atoms with Crippen molar-refractivity contribution in [1.29, 1.82) is 0 Å². The molecular weight excluding hydrogens is 331 g/mol. The van der Waals surface area contributed by atoms with Crippen molar-refractivity contribution in [3.8, 4) is 0 Å². The highest BCUT2D eigenvalue weighted by Crippen LogP contribution is 2.25. The molecule has 0 unspecified atom stereocenters. The van der Waals surface area contributed by atoms with Gasteiger partial charge in [0, 0.05) is 0 Å². The zero-order valence-corrected chi connectivity index (χ0v) is 13.4. The van der Waals surface area contributed by atoms with Crippen molar-refractivity contribution in [3.63, 3.8) is 0 Å². The van der Waals surface area contributed by atoms with Gasteiger partial charge in [-0.2, -0.15) is 13.2 Å². The molecule has 1 saturated heterocycles. The molecule has 0 bridgehead atoms. The molecule has 0 aliphatic carbocycles. The van der Waals surface area contributed by atoms with Gasteiger partial charge < -0.3 is 10.4 Å². The molecule has 11 heteroatoms. The van der Waals surface area contributed by atoms with Gasteiger partial charge in [-0.25, -0.2) is 4.98 Å². The van der Waals surface area contributed by atoms with Crippen molar-refractivity contribution in [1.82, 2.24) is 25.4 Å². The fourth-order valence-electron chi connectivity index (χ4n) is 2.30. The smallest absolute Gasteiger partial charge is 0.453 e. The van der Waals surface area contributed by atoms with Gasteiger partial charge in [0.15, 0.2) is 0 Å². The maximum absolute atomic E-state index is 12.4. The number of aromatic amines is 1. The van der Waals surface area contributed by atoms with Crippen molar-refractivity contribution in [3.05, 3.63) is 11.6 Å². The monoisotopic (exact) mass is 351 g/mol. The Morgan fingerprint density at radius 1 is 1.38 bits per heavy atom. The summed E-state index contributed by atoms with van der Waals surface area (Å²) in [6.07, 6.45) is -2.49. The largest absolute Gasteiger partial charge is 0.483 e. The lowest BCUT2D eigenvalue weighted by Gasteiger charge is -2.33. The average molecular weight is 351 g/mol. The Morgan fingerprint density at radius 3 is 2.38 bits per heavy atom. The number of halogens is 3. The number of hydrogen-bond donors (Lipinski definition) is 3. The van der Waals surface area contributed by atoms with Gasteiger partial charge in [-0.15, -0.1) is 5.10 Å². The van der Waals surface area contributed by atoms with E-state index in [-0.39, 0.29) is 24.7 Å². The van der Waals surface area contributed by atoms with Gasteiger partial charge in [0.05, 0.1) is 12.1 Å². The van der Waals surface area contributed by atoms with Crippen LogP contribution < -0.4 is 5.32 Å². The van der Waals surface area contributed by atoms with Crippen molar-refractivity contribution >= 4 is 12.4 Å². The minimum atomic E-state index is -4.59. The highest BCUT2D eigenvalue weighted by atomic mass is 19.4. The van der Waals surface area contributed by atoms with Crippen molar-refractivity contribution < 1.29 is 27.9 Å². The van der Waals surface area contributed by atoms with Crippen LogP contribution in [-0.2, 0) is 22.3 Å². The van der Waals surface area contributed by atoms with Crippen molar-refractivity contribution in [2.75, 3.05) is 13.1 Å². The predicted octanol–water partition coefficient (Wildman–Crippen LogP) is 1.01. The van der Waals surface area contributed by atoms with Crippen LogP contribution in [0.1, 0.15) is 38.3 Å². The number of H-pyrrole nitrogens is 1. The van der Waals surface area contributed by atoms with E-state index in [4.69, 9.17) is 9.90 Å². The van der Waals surface area contributed by atoms with Gasteiger partial charge in [0.1, 0.15) is 5.82 Å². The molecule has 1 amide bonds. The quantitative estimate of drug-likeness (QED) is 0.698. The summed E-state index contributed by atoms with van der Waals surface area (Å²) in [5.74, 6) is -1.49. The first-order valence-corrected chi connectivity index (χ1v) is 7.22. The Kier molecular flexibility index (Phi) is 6.70. The molecule has 8 nitrogen and oxygen atoms in total. The molecule has 24 heavy (non-hydrogen) atoms. The molecule has 1 aliphatic heterocycles. The molecule has 136 valence electrons. The highest BCUT2D eigenvalue weighted by molar-refractivity contribution is 5.85. The molecule has 3 N–H and O–H groups in total. The number of carboxylic acid groups (broad SMARTS) is 1. The third kappa shape index (κ3) is 5.18. The second-order valence-corrected chi connectivity index (χ2v) is 5.64. The molecule has 0 aromatic carbocycles. The van der Waals surface area contributed by atoms with Gasteiger partial charge in [-0.05, 0) is 39.8 Å². The third-order valence-electron chi connectivity index (χ3n) is 3.65. The van der Waals surface area contributed by atoms with E-state index >= 15 is 0 Å². The van der Waals surface area contributed by atoms with Crippen LogP contribution in [-0.4, -0.2) is 56.2 Å². The Hall–Kier alpha value is -2.17. The number of hydrogen-bond acceptors (Lipinski definition) is 5. The number of rotatable bonds is 4. The Bertz CT molecular complexity index is 553. The van der Waals surface area contributed by atoms with Crippen LogP contribution in [0.25, 0.3) is 0 Å². The topological polar surface area (TPSA) is 111 Å². The zero-order chi connectivity index (χ0) is 18.4. The lowest BCUT2D eigenvalue weighted by molar-refractivity contribution is -0.144. The number of amides is 1. The van der Waals surface area contributed by atoms with Crippen LogP contribution in [0.5, 0.6) is 0 Å². The third-order valence-corrected chi connectivity index (χ3v) is 3.65. The van der Waals surface area contributed by atoms with Gasteiger partial charge >= 0.3 is 6.18 Å². The number of carbonyl (C=O) groups excluding carboxylic acids is 1. The fraction of sp³-hybridized carbons (Fsp3) is 0.692. The summed E-state index contributed by atoms with van der Waals surface area (Å²) in [7, 11) is 0. The van der Waals surface area contributed by atoms with E-state index in [0.29, 0.717) is 0 Å². The summed E-state index contributed by atoms with van der Waals surface area (Å²) in [6.45, 7) is 4.94. The first-order valence-electron chi connectivity index (χ1n) is 7.22. The zero-order valence-electron chi connectivity index (χ0n) is 13.4. The normalized spacial score (nSPS) is 15.5. The number of likely N-dealkylation sites (tertiary alicyclic amines) is 1. The molecule has 1 aliphatic rings. The highest BCUT2D eigenvalue weighted by Gasteiger charge is 2.37.